The van der Waals surface area contributed by atoms with Crippen LogP contribution in [0.5, 0.6) is 17.2 Å². The van der Waals surface area contributed by atoms with Crippen molar-refractivity contribution in [2.24, 2.45) is 0 Å². The first-order chi connectivity index (χ1) is 17.0. The maximum atomic E-state index is 13.8. The van der Waals surface area contributed by atoms with Crippen LogP contribution in [0.1, 0.15) is 37.5 Å². The quantitative estimate of drug-likeness (QED) is 0.189. The van der Waals surface area contributed by atoms with E-state index in [-0.39, 0.29) is 0 Å². The van der Waals surface area contributed by atoms with Crippen molar-refractivity contribution in [3.05, 3.63) is 126 Å². The number of phosphoric ester groups is 1. The highest BCUT2D eigenvalue weighted by Gasteiger charge is 2.33. The topological polar surface area (TPSA) is 44.8 Å². The highest BCUT2D eigenvalue weighted by Crippen LogP contribution is 2.49. The summed E-state index contributed by atoms with van der Waals surface area (Å²) in [4.78, 5) is 0. The van der Waals surface area contributed by atoms with Crippen LogP contribution in [0.3, 0.4) is 0 Å². The molecule has 0 fully saturated rings. The normalized spacial score (nSPS) is 13.3. The van der Waals surface area contributed by atoms with Gasteiger partial charge in [-0.2, -0.15) is 4.57 Å². The highest BCUT2D eigenvalue weighted by molar-refractivity contribution is 7.49. The summed E-state index contributed by atoms with van der Waals surface area (Å²) in [6, 6.07) is 22.3. The van der Waals surface area contributed by atoms with E-state index in [4.69, 9.17) is 13.6 Å². The molecule has 0 saturated carbocycles. The fraction of sp³-hybridized carbons (Fsp3) is 0.200. The summed E-state index contributed by atoms with van der Waals surface area (Å²) in [6.45, 7) is 5.97. The van der Waals surface area contributed by atoms with Gasteiger partial charge in [-0.1, -0.05) is 72.9 Å². The van der Waals surface area contributed by atoms with Gasteiger partial charge in [0.15, 0.2) is 0 Å². The Morgan fingerprint density at radius 2 is 0.771 bits per heavy atom. The van der Waals surface area contributed by atoms with Crippen LogP contribution in [0.4, 0.5) is 0 Å². The minimum absolute atomic E-state index is 0.409. The van der Waals surface area contributed by atoms with Gasteiger partial charge < -0.3 is 13.6 Å². The van der Waals surface area contributed by atoms with Gasteiger partial charge in [0.2, 0.25) is 0 Å². The minimum atomic E-state index is -4.04. The average molecular weight is 489 g/mol. The lowest BCUT2D eigenvalue weighted by Gasteiger charge is -2.20. The fourth-order valence-electron chi connectivity index (χ4n) is 3.26. The average Bonchev–Trinajstić information content (AvgIpc) is 2.87. The number of rotatable bonds is 12. The Bertz CT molecular complexity index is 1020. The molecule has 0 aliphatic rings. The van der Waals surface area contributed by atoms with Crippen LogP contribution in [0.25, 0.3) is 0 Å². The summed E-state index contributed by atoms with van der Waals surface area (Å²) < 4.78 is 31.3. The van der Waals surface area contributed by atoms with Crippen LogP contribution < -0.4 is 13.6 Å². The van der Waals surface area contributed by atoms with E-state index in [1.54, 1.807) is 36.4 Å². The van der Waals surface area contributed by atoms with E-state index in [1.807, 2.05) is 75.4 Å². The summed E-state index contributed by atoms with van der Waals surface area (Å²) in [7, 11) is -4.04. The Kier molecular flexibility index (Phi) is 10.0. The summed E-state index contributed by atoms with van der Waals surface area (Å²) in [5.74, 6) is 1.23. The molecular weight excluding hydrogens is 455 g/mol. The van der Waals surface area contributed by atoms with Gasteiger partial charge in [0, 0.05) is 0 Å². The predicted octanol–water partition coefficient (Wildman–Crippen LogP) is 8.69. The molecule has 0 aromatic heterocycles. The van der Waals surface area contributed by atoms with E-state index in [2.05, 4.69) is 18.2 Å². The summed E-state index contributed by atoms with van der Waals surface area (Å²) in [5, 5.41) is 0. The van der Waals surface area contributed by atoms with Crippen molar-refractivity contribution >= 4 is 7.82 Å². The van der Waals surface area contributed by atoms with Crippen molar-refractivity contribution in [1.29, 1.82) is 0 Å². The molecule has 5 heteroatoms. The SMILES string of the molecule is CC=CCc1ccc(OP(=O)(Oc2ccc(CC=CC)cc2)Oc2ccc(CC=CC)cc2)cc1. The Morgan fingerprint density at radius 3 is 1.00 bits per heavy atom. The first-order valence-corrected chi connectivity index (χ1v) is 13.3. The highest BCUT2D eigenvalue weighted by atomic mass is 31.2. The Hall–Kier alpha value is -3.49. The van der Waals surface area contributed by atoms with Crippen molar-refractivity contribution in [1.82, 2.24) is 0 Å². The van der Waals surface area contributed by atoms with E-state index >= 15 is 0 Å². The molecule has 3 aromatic carbocycles. The van der Waals surface area contributed by atoms with Gasteiger partial charge in [-0.25, -0.2) is 0 Å². The van der Waals surface area contributed by atoms with Crippen molar-refractivity contribution in [3.63, 3.8) is 0 Å². The standard InChI is InChI=1S/C30H33O4P/c1-4-7-10-25-13-19-28(20-14-25)32-35(31,33-29-21-15-26(16-22-29)11-8-5-2)34-30-23-17-27(18-24-30)12-9-6-3/h4-9,13-24H,10-12H2,1-3H3. The lowest BCUT2D eigenvalue weighted by molar-refractivity contribution is 0.298. The van der Waals surface area contributed by atoms with Gasteiger partial charge in [0.25, 0.3) is 0 Å². The summed E-state index contributed by atoms with van der Waals surface area (Å²) >= 11 is 0. The van der Waals surface area contributed by atoms with E-state index in [9.17, 15) is 4.57 Å². The number of hydrogen-bond donors (Lipinski definition) is 0. The van der Waals surface area contributed by atoms with Crippen LogP contribution in [0.15, 0.2) is 109 Å². The first-order valence-electron chi connectivity index (χ1n) is 11.8. The van der Waals surface area contributed by atoms with Crippen molar-refractivity contribution < 1.29 is 18.1 Å². The smallest absolute Gasteiger partial charge is 0.386 e. The lowest BCUT2D eigenvalue weighted by Crippen LogP contribution is -2.07. The molecule has 3 aromatic rings. The molecule has 0 atom stereocenters. The van der Waals surface area contributed by atoms with Gasteiger partial charge in [0.05, 0.1) is 0 Å². The van der Waals surface area contributed by atoms with Crippen LogP contribution in [-0.2, 0) is 23.8 Å². The first kappa shape index (κ1) is 26.1. The molecule has 0 aliphatic heterocycles. The molecule has 4 nitrogen and oxygen atoms in total. The van der Waals surface area contributed by atoms with Crippen molar-refractivity contribution in [3.8, 4) is 17.2 Å². The number of phosphoric acid groups is 1. The van der Waals surface area contributed by atoms with Crippen molar-refractivity contribution in [2.75, 3.05) is 0 Å². The fourth-order valence-corrected chi connectivity index (χ4v) is 4.52. The largest absolute Gasteiger partial charge is 0.647 e. The second-order valence-corrected chi connectivity index (χ2v) is 9.41. The van der Waals surface area contributed by atoms with Gasteiger partial charge in [0.1, 0.15) is 17.2 Å². The summed E-state index contributed by atoms with van der Waals surface area (Å²) in [5.41, 5.74) is 3.38. The van der Waals surface area contributed by atoms with Crippen LogP contribution in [0.2, 0.25) is 0 Å². The Labute approximate surface area is 209 Å². The lowest BCUT2D eigenvalue weighted by atomic mass is 10.1. The zero-order chi connectivity index (χ0) is 24.9. The maximum absolute atomic E-state index is 13.8. The second-order valence-electron chi connectivity index (χ2n) is 7.97. The van der Waals surface area contributed by atoms with Crippen LogP contribution in [0, 0.1) is 0 Å². The zero-order valence-corrected chi connectivity index (χ0v) is 21.5. The number of benzene rings is 3. The summed E-state index contributed by atoms with van der Waals surface area (Å²) in [6.07, 6.45) is 14.7. The third kappa shape index (κ3) is 8.66. The molecule has 0 heterocycles. The van der Waals surface area contributed by atoms with Crippen molar-refractivity contribution in [2.45, 2.75) is 40.0 Å². The van der Waals surface area contributed by atoms with Crippen LogP contribution in [-0.4, -0.2) is 0 Å². The van der Waals surface area contributed by atoms with Gasteiger partial charge in [-0.05, 0) is 93.1 Å². The molecule has 3 rings (SSSR count). The van der Waals surface area contributed by atoms with Gasteiger partial charge >= 0.3 is 7.82 Å². The van der Waals surface area contributed by atoms with Gasteiger partial charge in [-0.3, -0.25) is 0 Å². The molecule has 0 unspecified atom stereocenters. The monoisotopic (exact) mass is 488 g/mol. The maximum Gasteiger partial charge on any atom is 0.647 e. The third-order valence-corrected chi connectivity index (χ3v) is 6.49. The molecule has 0 radical (unpaired) electrons. The number of allylic oxidation sites excluding steroid dienone is 6. The molecule has 0 amide bonds. The van der Waals surface area contributed by atoms with E-state index in [0.29, 0.717) is 17.2 Å². The molecule has 182 valence electrons. The molecule has 0 saturated heterocycles. The molecule has 0 bridgehead atoms. The number of hydrogen-bond acceptors (Lipinski definition) is 4. The Morgan fingerprint density at radius 1 is 0.514 bits per heavy atom. The van der Waals surface area contributed by atoms with Gasteiger partial charge in [-0.15, -0.1) is 0 Å². The molecule has 0 N–H and O–H groups in total. The second kappa shape index (κ2) is 13.4. The molecular formula is C30H33O4P. The molecule has 0 spiro atoms. The van der Waals surface area contributed by atoms with E-state index in [0.717, 1.165) is 36.0 Å². The predicted molar refractivity (Wildman–Crippen MR) is 144 cm³/mol. The molecule has 0 aliphatic carbocycles. The zero-order valence-electron chi connectivity index (χ0n) is 20.6. The van der Waals surface area contributed by atoms with E-state index in [1.165, 1.54) is 0 Å². The van der Waals surface area contributed by atoms with E-state index < -0.39 is 7.82 Å². The Balaban J connectivity index is 1.81. The van der Waals surface area contributed by atoms with Crippen LogP contribution >= 0.6 is 7.82 Å². The molecule has 35 heavy (non-hydrogen) atoms. The third-order valence-electron chi connectivity index (χ3n) is 5.19. The minimum Gasteiger partial charge on any atom is -0.386 e.